The van der Waals surface area contributed by atoms with Crippen LogP contribution in [-0.4, -0.2) is 19.9 Å². The fraction of sp³-hybridized carbons (Fsp3) is 0.111. The summed E-state index contributed by atoms with van der Waals surface area (Å²) in [5.74, 6) is -2.02. The molecule has 4 rings (SSSR count). The molecule has 0 aliphatic carbocycles. The van der Waals surface area contributed by atoms with Crippen LogP contribution in [0, 0.1) is 11.6 Å². The number of nitrogens with zero attached hydrogens (tertiary/aromatic N) is 2. The molecule has 2 heterocycles. The molecule has 8 heteroatoms. The molecule has 1 aliphatic rings. The Bertz CT molecular complexity index is 1010. The number of para-hydroxylation sites is 1. The van der Waals surface area contributed by atoms with E-state index in [9.17, 15) is 17.8 Å². The van der Waals surface area contributed by atoms with Crippen molar-refractivity contribution in [1.29, 1.82) is 0 Å². The number of nitrogens with one attached hydrogen (secondary N) is 1. The van der Waals surface area contributed by atoms with Crippen LogP contribution in [0.5, 0.6) is 0 Å². The minimum Gasteiger partial charge on any atom is -0.306 e. The van der Waals surface area contributed by atoms with E-state index in [2.05, 4.69) is 10.4 Å². The van der Waals surface area contributed by atoms with E-state index in [-0.39, 0.29) is 17.3 Å². The molecule has 3 aromatic rings. The molecule has 0 spiro atoms. The Kier molecular flexibility index (Phi) is 4.12. The highest BCUT2D eigenvalue weighted by molar-refractivity contribution is 7.83. The molecule has 26 heavy (non-hydrogen) atoms. The highest BCUT2D eigenvalue weighted by Gasteiger charge is 2.29. The number of carbonyl (C=O) groups is 1. The molecule has 132 valence electrons. The first-order chi connectivity index (χ1) is 12.5. The van der Waals surface area contributed by atoms with Gasteiger partial charge in [-0.25, -0.2) is 13.5 Å². The minimum atomic E-state index is -1.11. The van der Waals surface area contributed by atoms with Gasteiger partial charge in [0.2, 0.25) is 0 Å². The number of rotatable bonds is 3. The number of halogens is 2. The van der Waals surface area contributed by atoms with E-state index in [1.807, 2.05) is 18.2 Å². The largest absolute Gasteiger partial charge is 0.306 e. The van der Waals surface area contributed by atoms with Gasteiger partial charge in [-0.3, -0.25) is 9.00 Å². The van der Waals surface area contributed by atoms with Gasteiger partial charge in [-0.05, 0) is 24.3 Å². The highest BCUT2D eigenvalue weighted by Crippen LogP contribution is 2.31. The van der Waals surface area contributed by atoms with Crippen LogP contribution in [0.15, 0.2) is 48.5 Å². The summed E-state index contributed by atoms with van der Waals surface area (Å²) >= 11 is 0. The predicted octanol–water partition coefficient (Wildman–Crippen LogP) is 3.17. The molecule has 1 N–H and O–H groups in total. The zero-order valence-corrected chi connectivity index (χ0v) is 14.2. The Morgan fingerprint density at radius 1 is 1.04 bits per heavy atom. The number of hydrogen-bond donors (Lipinski definition) is 1. The van der Waals surface area contributed by atoms with Crippen molar-refractivity contribution in [3.05, 3.63) is 77.0 Å². The van der Waals surface area contributed by atoms with Gasteiger partial charge in [-0.15, -0.1) is 0 Å². The van der Waals surface area contributed by atoms with Crippen molar-refractivity contribution in [3.8, 4) is 5.69 Å². The molecule has 0 unspecified atom stereocenters. The van der Waals surface area contributed by atoms with Crippen molar-refractivity contribution in [2.45, 2.75) is 11.5 Å². The lowest BCUT2D eigenvalue weighted by Gasteiger charge is -2.11. The fourth-order valence-corrected chi connectivity index (χ4v) is 4.16. The number of benzene rings is 2. The van der Waals surface area contributed by atoms with Crippen LogP contribution in [0.25, 0.3) is 5.69 Å². The average Bonchev–Trinajstić information content (AvgIpc) is 3.13. The van der Waals surface area contributed by atoms with Crippen molar-refractivity contribution < 1.29 is 17.8 Å². The summed E-state index contributed by atoms with van der Waals surface area (Å²) in [7, 11) is -1.11. The summed E-state index contributed by atoms with van der Waals surface area (Å²) in [6.45, 7) is 0. The highest BCUT2D eigenvalue weighted by atomic mass is 32.2. The second-order valence-corrected chi connectivity index (χ2v) is 7.26. The standard InChI is InChI=1S/C18H13F2N3O2S/c19-13-7-4-8-14(20)16(13)18(24)21-17-12-9-26(25)10-15(12)22-23(17)11-5-2-1-3-6-11/h1-8H,9-10H2,(H,21,24)/t26-/m1/s1. The van der Waals surface area contributed by atoms with Gasteiger partial charge in [-0.2, -0.15) is 5.10 Å². The van der Waals surface area contributed by atoms with E-state index in [0.29, 0.717) is 16.9 Å². The van der Waals surface area contributed by atoms with Crippen molar-refractivity contribution >= 4 is 22.5 Å². The molecule has 0 saturated heterocycles. The second-order valence-electron chi connectivity index (χ2n) is 5.80. The van der Waals surface area contributed by atoms with Crippen LogP contribution >= 0.6 is 0 Å². The Labute approximate surface area is 150 Å². The molecule has 1 amide bonds. The lowest BCUT2D eigenvalue weighted by molar-refractivity contribution is 0.101. The van der Waals surface area contributed by atoms with Crippen LogP contribution in [0.4, 0.5) is 14.6 Å². The zero-order chi connectivity index (χ0) is 18.3. The number of carbonyl (C=O) groups excluding carboxylic acids is 1. The van der Waals surface area contributed by atoms with Crippen molar-refractivity contribution in [2.24, 2.45) is 0 Å². The Morgan fingerprint density at radius 3 is 2.42 bits per heavy atom. The maximum Gasteiger partial charge on any atom is 0.262 e. The third kappa shape index (κ3) is 2.82. The topological polar surface area (TPSA) is 64.0 Å². The van der Waals surface area contributed by atoms with Crippen molar-refractivity contribution in [1.82, 2.24) is 9.78 Å². The smallest absolute Gasteiger partial charge is 0.262 e. The lowest BCUT2D eigenvalue weighted by atomic mass is 10.1. The minimum absolute atomic E-state index is 0.234. The maximum atomic E-state index is 13.9. The van der Waals surface area contributed by atoms with Crippen LogP contribution < -0.4 is 5.32 Å². The molecule has 0 radical (unpaired) electrons. The number of amides is 1. The van der Waals surface area contributed by atoms with Gasteiger partial charge in [0.15, 0.2) is 0 Å². The van der Waals surface area contributed by atoms with Gasteiger partial charge < -0.3 is 5.32 Å². The predicted molar refractivity (Wildman–Crippen MR) is 93.4 cm³/mol. The molecule has 0 fully saturated rings. The third-order valence-electron chi connectivity index (χ3n) is 4.09. The van der Waals surface area contributed by atoms with Crippen molar-refractivity contribution in [2.75, 3.05) is 5.32 Å². The zero-order valence-electron chi connectivity index (χ0n) is 13.4. The van der Waals surface area contributed by atoms with Crippen molar-refractivity contribution in [3.63, 3.8) is 0 Å². The number of hydrogen-bond acceptors (Lipinski definition) is 3. The molecular weight excluding hydrogens is 360 g/mol. The molecule has 2 aromatic carbocycles. The van der Waals surface area contributed by atoms with E-state index in [1.165, 1.54) is 10.7 Å². The first-order valence-electron chi connectivity index (χ1n) is 7.81. The quantitative estimate of drug-likeness (QED) is 0.767. The number of aromatic nitrogens is 2. The Morgan fingerprint density at radius 2 is 1.73 bits per heavy atom. The van der Waals surface area contributed by atoms with Gasteiger partial charge in [0, 0.05) is 16.4 Å². The van der Waals surface area contributed by atoms with E-state index in [0.717, 1.165) is 12.1 Å². The third-order valence-corrected chi connectivity index (χ3v) is 5.30. The summed E-state index contributed by atoms with van der Waals surface area (Å²) in [6, 6.07) is 12.3. The first-order valence-corrected chi connectivity index (χ1v) is 9.30. The van der Waals surface area contributed by atoms with Gasteiger partial charge in [0.25, 0.3) is 5.91 Å². The first kappa shape index (κ1) is 16.6. The monoisotopic (exact) mass is 373 g/mol. The molecule has 1 aliphatic heterocycles. The van der Waals surface area contributed by atoms with Crippen LogP contribution in [0.1, 0.15) is 21.6 Å². The SMILES string of the molecule is O=C(Nc1c2c(nn1-c1ccccc1)C[S@](=O)C2)c1c(F)cccc1F. The van der Waals surface area contributed by atoms with Crippen LogP contribution in [0.2, 0.25) is 0 Å². The van der Waals surface area contributed by atoms with E-state index in [1.54, 1.807) is 12.1 Å². The summed E-state index contributed by atoms with van der Waals surface area (Å²) < 4.78 is 41.2. The molecular formula is C18H13F2N3O2S. The second kappa shape index (κ2) is 6.45. The summed E-state index contributed by atoms with van der Waals surface area (Å²) in [5.41, 5.74) is 1.24. The Hall–Kier alpha value is -2.87. The van der Waals surface area contributed by atoms with Gasteiger partial charge in [0.05, 0.1) is 22.9 Å². The molecule has 5 nitrogen and oxygen atoms in total. The Balaban J connectivity index is 1.79. The maximum absolute atomic E-state index is 13.9. The molecule has 0 bridgehead atoms. The molecule has 0 saturated carbocycles. The number of fused-ring (bicyclic) bond motifs is 1. The average molecular weight is 373 g/mol. The molecule has 1 aromatic heterocycles. The van der Waals surface area contributed by atoms with Gasteiger partial charge in [0.1, 0.15) is 23.0 Å². The van der Waals surface area contributed by atoms with E-state index < -0.39 is 33.9 Å². The number of anilines is 1. The molecule has 1 atom stereocenters. The summed E-state index contributed by atoms with van der Waals surface area (Å²) in [6.07, 6.45) is 0. The normalized spacial score (nSPS) is 15.7. The van der Waals surface area contributed by atoms with Crippen LogP contribution in [0.3, 0.4) is 0 Å². The summed E-state index contributed by atoms with van der Waals surface area (Å²) in [5, 5.41) is 6.98. The lowest BCUT2D eigenvalue weighted by Crippen LogP contribution is -2.19. The van der Waals surface area contributed by atoms with Gasteiger partial charge in [-0.1, -0.05) is 24.3 Å². The van der Waals surface area contributed by atoms with Crippen LogP contribution in [-0.2, 0) is 22.3 Å². The van der Waals surface area contributed by atoms with E-state index >= 15 is 0 Å². The van der Waals surface area contributed by atoms with Gasteiger partial charge >= 0.3 is 0 Å². The summed E-state index contributed by atoms with van der Waals surface area (Å²) in [4.78, 5) is 12.5. The fourth-order valence-electron chi connectivity index (χ4n) is 2.90. The van der Waals surface area contributed by atoms with E-state index in [4.69, 9.17) is 0 Å².